The highest BCUT2D eigenvalue weighted by atomic mass is 16.5. The average molecular weight is 357 g/mol. The van der Waals surface area contributed by atoms with E-state index in [2.05, 4.69) is 37.5 Å². The Morgan fingerprint density at radius 3 is 2.96 bits per heavy atom. The first-order valence-electron chi connectivity index (χ1n) is 9.11. The van der Waals surface area contributed by atoms with Gasteiger partial charge in [-0.1, -0.05) is 35.5 Å². The number of rotatable bonds is 7. The fourth-order valence-electron chi connectivity index (χ4n) is 3.13. The van der Waals surface area contributed by atoms with Crippen LogP contribution < -0.4 is 5.32 Å². The molecule has 1 aromatic heterocycles. The monoisotopic (exact) mass is 357 g/mol. The molecule has 1 fully saturated rings. The third-order valence-electron chi connectivity index (χ3n) is 4.45. The summed E-state index contributed by atoms with van der Waals surface area (Å²) in [4.78, 5) is 10.9. The minimum Gasteiger partial charge on any atom is -0.376 e. The van der Waals surface area contributed by atoms with Crippen molar-refractivity contribution in [3.05, 3.63) is 47.6 Å². The molecular weight excluding hydrogens is 330 g/mol. The van der Waals surface area contributed by atoms with E-state index in [-0.39, 0.29) is 0 Å². The van der Waals surface area contributed by atoms with Gasteiger partial charge in [0.15, 0.2) is 11.8 Å². The van der Waals surface area contributed by atoms with E-state index < -0.39 is 0 Å². The number of nitrogens with one attached hydrogen (secondary N) is 1. The Balaban J connectivity index is 1.37. The number of hydrogen-bond donors (Lipinski definition) is 1. The van der Waals surface area contributed by atoms with Crippen LogP contribution in [-0.2, 0) is 17.8 Å². The van der Waals surface area contributed by atoms with Crippen molar-refractivity contribution in [2.75, 3.05) is 33.3 Å². The van der Waals surface area contributed by atoms with E-state index in [4.69, 9.17) is 9.26 Å². The van der Waals surface area contributed by atoms with Gasteiger partial charge in [-0.05, 0) is 18.9 Å². The zero-order chi connectivity index (χ0) is 18.2. The summed E-state index contributed by atoms with van der Waals surface area (Å²) in [5.74, 6) is 2.78. The van der Waals surface area contributed by atoms with Gasteiger partial charge in [-0.2, -0.15) is 4.98 Å². The molecule has 0 spiro atoms. The number of hydrogen-bond acceptors (Lipinski definition) is 5. The van der Waals surface area contributed by atoms with Crippen molar-refractivity contribution in [2.45, 2.75) is 26.4 Å². The fraction of sp³-hybridized carbons (Fsp3) is 0.526. The molecule has 1 aliphatic heterocycles. The van der Waals surface area contributed by atoms with Gasteiger partial charge in [-0.15, -0.1) is 0 Å². The number of benzene rings is 1. The van der Waals surface area contributed by atoms with Crippen LogP contribution in [-0.4, -0.2) is 54.3 Å². The molecule has 1 aromatic carbocycles. The Labute approximate surface area is 154 Å². The molecule has 0 aliphatic carbocycles. The van der Waals surface area contributed by atoms with E-state index in [0.717, 1.165) is 38.6 Å². The van der Waals surface area contributed by atoms with Gasteiger partial charge in [0.05, 0.1) is 13.2 Å². The summed E-state index contributed by atoms with van der Waals surface area (Å²) in [6.07, 6.45) is 1.82. The van der Waals surface area contributed by atoms with E-state index in [1.165, 1.54) is 5.56 Å². The van der Waals surface area contributed by atoms with Crippen LogP contribution in [0.2, 0.25) is 0 Å². The van der Waals surface area contributed by atoms with Crippen LogP contribution >= 0.6 is 0 Å². The standard InChI is InChI=1S/C19H27N5O2/c1-15-22-18(26-23-15)8-10-21-19(20-2)24-11-9-17(12-24)14-25-13-16-6-4-3-5-7-16/h3-7,17H,8-14H2,1-2H3,(H,20,21). The van der Waals surface area contributed by atoms with Gasteiger partial charge in [0.2, 0.25) is 5.89 Å². The quantitative estimate of drug-likeness (QED) is 0.604. The van der Waals surface area contributed by atoms with Gasteiger partial charge < -0.3 is 19.5 Å². The molecule has 0 radical (unpaired) electrons. The van der Waals surface area contributed by atoms with Crippen molar-refractivity contribution < 1.29 is 9.26 Å². The molecule has 1 N–H and O–H groups in total. The van der Waals surface area contributed by atoms with Crippen LogP contribution in [0, 0.1) is 12.8 Å². The maximum absolute atomic E-state index is 5.89. The van der Waals surface area contributed by atoms with E-state index in [9.17, 15) is 0 Å². The molecular formula is C19H27N5O2. The van der Waals surface area contributed by atoms with Crippen molar-refractivity contribution in [2.24, 2.45) is 10.9 Å². The zero-order valence-corrected chi connectivity index (χ0v) is 15.5. The lowest BCUT2D eigenvalue weighted by atomic mass is 10.1. The van der Waals surface area contributed by atoms with Gasteiger partial charge in [0.1, 0.15) is 0 Å². The highest BCUT2D eigenvalue weighted by Crippen LogP contribution is 2.17. The molecule has 0 bridgehead atoms. The second kappa shape index (κ2) is 9.33. The number of aryl methyl sites for hydroxylation is 1. The van der Waals surface area contributed by atoms with Crippen LogP contribution in [0.5, 0.6) is 0 Å². The third kappa shape index (κ3) is 5.29. The summed E-state index contributed by atoms with van der Waals surface area (Å²) in [6, 6.07) is 10.3. The molecule has 1 saturated heterocycles. The van der Waals surface area contributed by atoms with Gasteiger partial charge >= 0.3 is 0 Å². The molecule has 140 valence electrons. The molecule has 3 rings (SSSR count). The average Bonchev–Trinajstić information content (AvgIpc) is 3.29. The highest BCUT2D eigenvalue weighted by molar-refractivity contribution is 5.80. The molecule has 2 aromatic rings. The van der Waals surface area contributed by atoms with Crippen molar-refractivity contribution in [3.8, 4) is 0 Å². The number of aliphatic imine (C=N–C) groups is 1. The lowest BCUT2D eigenvalue weighted by Gasteiger charge is -2.21. The van der Waals surface area contributed by atoms with Gasteiger partial charge in [-0.25, -0.2) is 0 Å². The normalized spacial score (nSPS) is 17.7. The maximum Gasteiger partial charge on any atom is 0.228 e. The first-order chi connectivity index (χ1) is 12.7. The van der Waals surface area contributed by atoms with E-state index in [1.807, 2.05) is 32.2 Å². The van der Waals surface area contributed by atoms with Crippen LogP contribution in [0.1, 0.15) is 23.7 Å². The number of ether oxygens (including phenoxy) is 1. The summed E-state index contributed by atoms with van der Waals surface area (Å²) in [5.41, 5.74) is 1.22. The van der Waals surface area contributed by atoms with Gasteiger partial charge in [-0.3, -0.25) is 4.99 Å². The van der Waals surface area contributed by atoms with Crippen molar-refractivity contribution >= 4 is 5.96 Å². The molecule has 1 atom stereocenters. The maximum atomic E-state index is 5.89. The SMILES string of the molecule is CN=C(NCCc1nc(C)no1)N1CCC(COCc2ccccc2)C1. The summed E-state index contributed by atoms with van der Waals surface area (Å²) in [7, 11) is 1.82. The Bertz CT molecular complexity index is 701. The minimum absolute atomic E-state index is 0.538. The number of aromatic nitrogens is 2. The predicted molar refractivity (Wildman–Crippen MR) is 99.9 cm³/mol. The smallest absolute Gasteiger partial charge is 0.228 e. The molecule has 0 saturated carbocycles. The van der Waals surface area contributed by atoms with Crippen molar-refractivity contribution in [3.63, 3.8) is 0 Å². The van der Waals surface area contributed by atoms with E-state index >= 15 is 0 Å². The lowest BCUT2D eigenvalue weighted by molar-refractivity contribution is 0.0907. The molecule has 1 unspecified atom stereocenters. The Morgan fingerprint density at radius 1 is 1.38 bits per heavy atom. The van der Waals surface area contributed by atoms with Gasteiger partial charge in [0.25, 0.3) is 0 Å². The summed E-state index contributed by atoms with van der Waals surface area (Å²) in [5, 5.41) is 7.18. The third-order valence-corrected chi connectivity index (χ3v) is 4.45. The molecule has 0 amide bonds. The number of likely N-dealkylation sites (tertiary alicyclic amines) is 1. The largest absolute Gasteiger partial charge is 0.376 e. The first-order valence-corrected chi connectivity index (χ1v) is 9.11. The molecule has 2 heterocycles. The Hall–Kier alpha value is -2.41. The lowest BCUT2D eigenvalue weighted by Crippen LogP contribution is -2.41. The summed E-state index contributed by atoms with van der Waals surface area (Å²) >= 11 is 0. The second-order valence-electron chi connectivity index (χ2n) is 6.56. The number of nitrogens with zero attached hydrogens (tertiary/aromatic N) is 4. The molecule has 1 aliphatic rings. The zero-order valence-electron chi connectivity index (χ0n) is 15.5. The van der Waals surface area contributed by atoms with Crippen LogP contribution in [0.4, 0.5) is 0 Å². The van der Waals surface area contributed by atoms with Crippen molar-refractivity contribution in [1.82, 2.24) is 20.4 Å². The summed E-state index contributed by atoms with van der Waals surface area (Å²) < 4.78 is 11.0. The minimum atomic E-state index is 0.538. The van der Waals surface area contributed by atoms with Crippen LogP contribution in [0.15, 0.2) is 39.8 Å². The Kier molecular flexibility index (Phi) is 6.60. The van der Waals surface area contributed by atoms with Crippen molar-refractivity contribution in [1.29, 1.82) is 0 Å². The van der Waals surface area contributed by atoms with E-state index in [0.29, 0.717) is 30.7 Å². The molecule has 7 nitrogen and oxygen atoms in total. The topological polar surface area (TPSA) is 75.8 Å². The number of guanidine groups is 1. The molecule has 26 heavy (non-hydrogen) atoms. The Morgan fingerprint density at radius 2 is 2.23 bits per heavy atom. The predicted octanol–water partition coefficient (Wildman–Crippen LogP) is 2.03. The molecule has 7 heteroatoms. The first kappa shape index (κ1) is 18.4. The highest BCUT2D eigenvalue weighted by Gasteiger charge is 2.24. The van der Waals surface area contributed by atoms with E-state index in [1.54, 1.807) is 0 Å². The summed E-state index contributed by atoms with van der Waals surface area (Å²) in [6.45, 7) is 5.97. The second-order valence-corrected chi connectivity index (χ2v) is 6.56. The van der Waals surface area contributed by atoms with Gasteiger partial charge in [0, 0.05) is 39.0 Å². The van der Waals surface area contributed by atoms with Crippen LogP contribution in [0.3, 0.4) is 0 Å². The fourth-order valence-corrected chi connectivity index (χ4v) is 3.13. The van der Waals surface area contributed by atoms with Crippen LogP contribution in [0.25, 0.3) is 0 Å².